The van der Waals surface area contributed by atoms with Crippen molar-refractivity contribution in [1.82, 2.24) is 14.7 Å². The van der Waals surface area contributed by atoms with Gasteiger partial charge in [0.05, 0.1) is 5.41 Å². The molecule has 0 radical (unpaired) electrons. The Bertz CT molecular complexity index is 1700. The van der Waals surface area contributed by atoms with Gasteiger partial charge in [-0.05, 0) is 59.6 Å². The van der Waals surface area contributed by atoms with Crippen LogP contribution in [-0.2, 0) is 27.2 Å². The maximum Gasteiger partial charge on any atom is 0.490 e. The zero-order chi connectivity index (χ0) is 38.7. The van der Waals surface area contributed by atoms with Gasteiger partial charge in [0.25, 0.3) is 0 Å². The number of halogens is 6. The average Bonchev–Trinajstić information content (AvgIpc) is 3.10. The zero-order valence-electron chi connectivity index (χ0n) is 28.8. The summed E-state index contributed by atoms with van der Waals surface area (Å²) >= 11 is 0. The molecule has 1 fully saturated rings. The smallest absolute Gasteiger partial charge is 0.475 e. The summed E-state index contributed by atoms with van der Waals surface area (Å²) in [6, 6.07) is 29.9. The van der Waals surface area contributed by atoms with E-state index in [4.69, 9.17) is 25.5 Å². The predicted octanol–water partition coefficient (Wildman–Crippen LogP) is 5.70. The normalized spacial score (nSPS) is 14.0. The molecule has 1 aliphatic heterocycles. The van der Waals surface area contributed by atoms with Crippen molar-refractivity contribution in [2.75, 3.05) is 59.9 Å². The van der Waals surface area contributed by atoms with Gasteiger partial charge in [0, 0.05) is 45.8 Å². The van der Waals surface area contributed by atoms with Gasteiger partial charge in [-0.3, -0.25) is 9.69 Å². The van der Waals surface area contributed by atoms with E-state index in [-0.39, 0.29) is 5.91 Å². The van der Waals surface area contributed by atoms with Crippen LogP contribution >= 0.6 is 0 Å². The fourth-order valence-corrected chi connectivity index (χ4v) is 5.78. The second-order valence-corrected chi connectivity index (χ2v) is 12.7. The number of carboxylic acid groups (broad SMARTS) is 2. The van der Waals surface area contributed by atoms with Gasteiger partial charge in [0.1, 0.15) is 0 Å². The second-order valence-electron chi connectivity index (χ2n) is 12.7. The Labute approximate surface area is 297 Å². The van der Waals surface area contributed by atoms with Gasteiger partial charge < -0.3 is 25.7 Å². The fourth-order valence-electron chi connectivity index (χ4n) is 5.78. The quantitative estimate of drug-likeness (QED) is 0.187. The Morgan fingerprint density at radius 2 is 1.06 bits per heavy atom. The molecule has 0 atom stereocenters. The van der Waals surface area contributed by atoms with Crippen LogP contribution in [0.25, 0.3) is 21.5 Å². The molecule has 0 unspecified atom stereocenters. The van der Waals surface area contributed by atoms with Crippen LogP contribution in [-0.4, -0.2) is 115 Å². The van der Waals surface area contributed by atoms with Gasteiger partial charge in [-0.25, -0.2) is 9.59 Å². The average molecular weight is 737 g/mol. The van der Waals surface area contributed by atoms with Gasteiger partial charge in [0.15, 0.2) is 0 Å². The van der Waals surface area contributed by atoms with Crippen molar-refractivity contribution in [3.63, 3.8) is 0 Å². The molecule has 0 saturated carbocycles. The monoisotopic (exact) mass is 736 g/mol. The van der Waals surface area contributed by atoms with Crippen molar-refractivity contribution < 1.29 is 50.9 Å². The number of piperazine rings is 1. The number of likely N-dealkylation sites (N-methyl/N-ethyl adjacent to an activating group) is 1. The van der Waals surface area contributed by atoms with Crippen molar-refractivity contribution in [3.05, 3.63) is 96.1 Å². The second kappa shape index (κ2) is 18.2. The third-order valence-electron chi connectivity index (χ3n) is 8.57. The van der Waals surface area contributed by atoms with Crippen molar-refractivity contribution in [2.24, 2.45) is 11.1 Å². The van der Waals surface area contributed by atoms with E-state index in [2.05, 4.69) is 114 Å². The Balaban J connectivity index is 0.000000441. The number of rotatable bonds is 9. The van der Waals surface area contributed by atoms with Crippen LogP contribution in [0.15, 0.2) is 84.9 Å². The minimum atomic E-state index is -5.08. The Morgan fingerprint density at radius 3 is 1.40 bits per heavy atom. The maximum atomic E-state index is 14.4. The Kier molecular flexibility index (Phi) is 14.6. The number of benzene rings is 4. The highest BCUT2D eigenvalue weighted by molar-refractivity contribution is 5.87. The molecule has 1 aliphatic rings. The molecule has 0 aromatic heterocycles. The van der Waals surface area contributed by atoms with Crippen molar-refractivity contribution >= 4 is 39.4 Å². The first-order valence-electron chi connectivity index (χ1n) is 16.3. The number of carbonyl (C=O) groups excluding carboxylic acids is 1. The number of carboxylic acids is 2. The lowest BCUT2D eigenvalue weighted by atomic mass is 9.74. The SMILES string of the molecule is CN(C)CCN1CCN(C(=O)C(CN)(Cc2ccc3ccccc3c2)Cc2ccc3ccccc3c2)CC1.O=C(O)C(F)(F)F.O=C(O)C(F)(F)F. The largest absolute Gasteiger partial charge is 0.490 e. The van der Waals surface area contributed by atoms with Crippen LogP contribution in [0.4, 0.5) is 26.3 Å². The molecule has 1 heterocycles. The number of nitrogens with two attached hydrogens (primary N) is 1. The van der Waals surface area contributed by atoms with Crippen molar-refractivity contribution in [3.8, 4) is 0 Å². The van der Waals surface area contributed by atoms with Crippen LogP contribution in [0, 0.1) is 5.41 Å². The first-order valence-corrected chi connectivity index (χ1v) is 16.3. The summed E-state index contributed by atoms with van der Waals surface area (Å²) in [7, 11) is 4.21. The lowest BCUT2D eigenvalue weighted by molar-refractivity contribution is -0.193. The van der Waals surface area contributed by atoms with Crippen LogP contribution < -0.4 is 5.73 Å². The molecule has 15 heteroatoms. The van der Waals surface area contributed by atoms with E-state index in [1.54, 1.807) is 0 Å². The minimum absolute atomic E-state index is 0.188. The molecule has 5 rings (SSSR count). The van der Waals surface area contributed by atoms with Crippen LogP contribution in [0.5, 0.6) is 0 Å². The van der Waals surface area contributed by atoms with Gasteiger partial charge in [-0.1, -0.05) is 84.9 Å². The summed E-state index contributed by atoms with van der Waals surface area (Å²) in [5, 5.41) is 19.1. The standard InChI is InChI=1S/C33H40N4O.2C2HF3O2/c1-35(2)15-16-36-17-19-37(20-18-36)32(38)33(25-34,23-26-11-13-28-7-3-5-9-30(28)21-26)24-27-12-14-29-8-4-6-10-31(29)22-27;2*3-2(4,5)1(6)7/h3-14,21-22H,15-20,23-25,34H2,1-2H3;2*(H,6,7). The summed E-state index contributed by atoms with van der Waals surface area (Å²) in [5.41, 5.74) is 8.20. The van der Waals surface area contributed by atoms with Gasteiger partial charge >= 0.3 is 24.3 Å². The first kappa shape index (κ1) is 41.7. The summed E-state index contributed by atoms with van der Waals surface area (Å²) in [6.07, 6.45) is -8.92. The summed E-state index contributed by atoms with van der Waals surface area (Å²) in [6.45, 7) is 5.70. The van der Waals surface area contributed by atoms with Crippen LogP contribution in [0.3, 0.4) is 0 Å². The predicted molar refractivity (Wildman–Crippen MR) is 186 cm³/mol. The number of aliphatic carboxylic acids is 2. The van der Waals surface area contributed by atoms with Crippen molar-refractivity contribution in [1.29, 1.82) is 0 Å². The topological polar surface area (TPSA) is 127 Å². The molecule has 0 spiro atoms. The fraction of sp³-hybridized carbons (Fsp3) is 0.378. The van der Waals surface area contributed by atoms with Gasteiger partial charge in [-0.2, -0.15) is 26.3 Å². The lowest BCUT2D eigenvalue weighted by Gasteiger charge is -2.41. The number of fused-ring (bicyclic) bond motifs is 2. The number of alkyl halides is 6. The van der Waals surface area contributed by atoms with Crippen LogP contribution in [0.2, 0.25) is 0 Å². The summed E-state index contributed by atoms with van der Waals surface area (Å²) in [4.78, 5) is 38.9. The molecule has 4 aromatic carbocycles. The number of nitrogens with zero attached hydrogens (tertiary/aromatic N) is 3. The summed E-state index contributed by atoms with van der Waals surface area (Å²) in [5.74, 6) is -5.33. The van der Waals surface area contributed by atoms with E-state index in [9.17, 15) is 31.1 Å². The molecule has 52 heavy (non-hydrogen) atoms. The molecule has 9 nitrogen and oxygen atoms in total. The number of carbonyl (C=O) groups is 3. The third kappa shape index (κ3) is 12.2. The van der Waals surface area contributed by atoms with E-state index < -0.39 is 29.7 Å². The molecular formula is C37H42F6N4O5. The molecule has 1 saturated heterocycles. The first-order chi connectivity index (χ1) is 24.3. The van der Waals surface area contributed by atoms with Gasteiger partial charge in [-0.15, -0.1) is 0 Å². The molecule has 1 amide bonds. The Hall–Kier alpha value is -4.73. The minimum Gasteiger partial charge on any atom is -0.475 e. The molecule has 4 N–H and O–H groups in total. The molecular weight excluding hydrogens is 694 g/mol. The molecule has 4 aromatic rings. The number of amides is 1. The van der Waals surface area contributed by atoms with E-state index >= 15 is 0 Å². The molecule has 282 valence electrons. The lowest BCUT2D eigenvalue weighted by Crippen LogP contribution is -2.56. The van der Waals surface area contributed by atoms with Gasteiger partial charge in [0.2, 0.25) is 5.91 Å². The number of hydrogen-bond donors (Lipinski definition) is 3. The van der Waals surface area contributed by atoms with E-state index in [1.807, 2.05) is 0 Å². The van der Waals surface area contributed by atoms with Crippen LogP contribution in [0.1, 0.15) is 11.1 Å². The highest BCUT2D eigenvalue weighted by Gasteiger charge is 2.42. The highest BCUT2D eigenvalue weighted by Crippen LogP contribution is 2.33. The van der Waals surface area contributed by atoms with E-state index in [0.717, 1.165) is 50.4 Å². The molecule has 0 bridgehead atoms. The maximum absolute atomic E-state index is 14.4. The van der Waals surface area contributed by atoms with E-state index in [1.165, 1.54) is 21.5 Å². The third-order valence-corrected chi connectivity index (χ3v) is 8.57. The molecule has 0 aliphatic carbocycles. The summed E-state index contributed by atoms with van der Waals surface area (Å²) < 4.78 is 63.5. The Morgan fingerprint density at radius 1 is 0.673 bits per heavy atom. The highest BCUT2D eigenvalue weighted by atomic mass is 19.4. The van der Waals surface area contributed by atoms with Crippen molar-refractivity contribution in [2.45, 2.75) is 25.2 Å². The number of hydrogen-bond acceptors (Lipinski definition) is 6. The van der Waals surface area contributed by atoms with E-state index in [0.29, 0.717) is 19.4 Å². The zero-order valence-corrected chi connectivity index (χ0v) is 28.8.